The Morgan fingerprint density at radius 3 is 2.41 bits per heavy atom. The summed E-state index contributed by atoms with van der Waals surface area (Å²) >= 11 is 6.24. The van der Waals surface area contributed by atoms with Gasteiger partial charge in [-0.05, 0) is 58.2 Å². The highest BCUT2D eigenvalue weighted by Gasteiger charge is 2.16. The van der Waals surface area contributed by atoms with Crippen molar-refractivity contribution in [2.24, 2.45) is 0 Å². The monoisotopic (exact) mass is 580 g/mol. The van der Waals surface area contributed by atoms with E-state index < -0.39 is 5.97 Å². The van der Waals surface area contributed by atoms with Crippen molar-refractivity contribution in [3.05, 3.63) is 88.2 Å². The van der Waals surface area contributed by atoms with Crippen LogP contribution in [0.3, 0.4) is 0 Å². The highest BCUT2D eigenvalue weighted by Crippen LogP contribution is 2.27. The molecule has 0 atom stereocenters. The Hall–Kier alpha value is -3.98. The number of carbonyl (C=O) groups is 1. The fraction of sp³-hybridized carbons (Fsp3) is 0.387. The van der Waals surface area contributed by atoms with Crippen LogP contribution in [0.5, 0.6) is 17.5 Å². The molecule has 0 aliphatic rings. The molecule has 0 spiro atoms. The van der Waals surface area contributed by atoms with Crippen LogP contribution < -0.4 is 14.2 Å². The first-order chi connectivity index (χ1) is 19.7. The molecule has 4 rings (SSSR count). The Morgan fingerprint density at radius 2 is 1.71 bits per heavy atom. The van der Waals surface area contributed by atoms with Crippen molar-refractivity contribution in [2.75, 3.05) is 6.61 Å². The first-order valence-corrected chi connectivity index (χ1v) is 14.2. The maximum Gasteiger partial charge on any atom is 0.308 e. The summed E-state index contributed by atoms with van der Waals surface area (Å²) in [5.41, 5.74) is 3.56. The van der Waals surface area contributed by atoms with Crippen LogP contribution in [0.25, 0.3) is 0 Å². The molecule has 2 aromatic carbocycles. The largest absolute Gasteiger partial charge is 0.491 e. The average Bonchev–Trinajstić information content (AvgIpc) is 3.45. The summed E-state index contributed by atoms with van der Waals surface area (Å²) in [6, 6.07) is 17.4. The molecular weight excluding hydrogens is 544 g/mol. The molecule has 41 heavy (non-hydrogen) atoms. The predicted octanol–water partition coefficient (Wildman–Crippen LogP) is 6.04. The van der Waals surface area contributed by atoms with Gasteiger partial charge in [0.05, 0.1) is 38.3 Å². The van der Waals surface area contributed by atoms with Gasteiger partial charge in [0.2, 0.25) is 11.8 Å². The van der Waals surface area contributed by atoms with E-state index in [0.717, 1.165) is 22.6 Å². The van der Waals surface area contributed by atoms with E-state index in [0.29, 0.717) is 54.9 Å². The molecule has 0 aliphatic heterocycles. The van der Waals surface area contributed by atoms with Crippen LogP contribution in [0.15, 0.2) is 60.8 Å². The van der Waals surface area contributed by atoms with Crippen LogP contribution in [0, 0.1) is 0 Å². The van der Waals surface area contributed by atoms with Crippen LogP contribution in [0.2, 0.25) is 5.02 Å². The van der Waals surface area contributed by atoms with Gasteiger partial charge < -0.3 is 19.3 Å². The maximum absolute atomic E-state index is 11.4. The van der Waals surface area contributed by atoms with Gasteiger partial charge in [0.25, 0.3) is 0 Å². The standard InChI is InChI=1S/C31H37ClN4O5/c1-21(2)40-28-16-26(32)13-12-24(28)20-36-27(17-29(33-36)41-22(3)4)11-8-14-39-31-25(15-30(37)38)19-35(34-31)18-23-9-6-5-7-10-23/h5-7,9-10,12-13,16-17,19,21-22H,8,11,14-15,18,20H2,1-4H3,(H,37,38). The number of aromatic nitrogens is 4. The Balaban J connectivity index is 1.45. The first kappa shape index (κ1) is 30.0. The van der Waals surface area contributed by atoms with Crippen LogP contribution >= 0.6 is 11.6 Å². The van der Waals surface area contributed by atoms with Gasteiger partial charge >= 0.3 is 5.97 Å². The lowest BCUT2D eigenvalue weighted by Crippen LogP contribution is -2.12. The molecule has 0 bridgehead atoms. The number of ether oxygens (including phenoxy) is 3. The summed E-state index contributed by atoms with van der Waals surface area (Å²) < 4.78 is 21.5. The SMILES string of the molecule is CC(C)Oc1cc(CCCOc2nn(Cc3ccccc3)cc2CC(=O)O)n(Cc2ccc(Cl)cc2OC(C)C)n1. The van der Waals surface area contributed by atoms with E-state index in [4.69, 9.17) is 30.9 Å². The van der Waals surface area contributed by atoms with E-state index in [9.17, 15) is 9.90 Å². The third-order valence-corrected chi connectivity index (χ3v) is 6.29. The summed E-state index contributed by atoms with van der Waals surface area (Å²) in [5.74, 6) is 0.691. The third kappa shape index (κ3) is 9.01. The zero-order chi connectivity index (χ0) is 29.4. The van der Waals surface area contributed by atoms with Crippen molar-refractivity contribution in [1.29, 1.82) is 0 Å². The first-order valence-electron chi connectivity index (χ1n) is 13.8. The van der Waals surface area contributed by atoms with Crippen molar-refractivity contribution in [1.82, 2.24) is 19.6 Å². The average molecular weight is 581 g/mol. The van der Waals surface area contributed by atoms with E-state index in [1.165, 1.54) is 0 Å². The summed E-state index contributed by atoms with van der Waals surface area (Å²) in [7, 11) is 0. The minimum Gasteiger partial charge on any atom is -0.491 e. The van der Waals surface area contributed by atoms with Gasteiger partial charge in [-0.15, -0.1) is 10.2 Å². The maximum atomic E-state index is 11.4. The molecule has 2 heterocycles. The van der Waals surface area contributed by atoms with E-state index in [-0.39, 0.29) is 18.6 Å². The molecule has 2 aromatic heterocycles. The van der Waals surface area contributed by atoms with Crippen molar-refractivity contribution < 1.29 is 24.1 Å². The van der Waals surface area contributed by atoms with Crippen LogP contribution in [0.1, 0.15) is 56.5 Å². The summed E-state index contributed by atoms with van der Waals surface area (Å²) in [4.78, 5) is 11.4. The van der Waals surface area contributed by atoms with Gasteiger partial charge in [-0.25, -0.2) is 0 Å². The van der Waals surface area contributed by atoms with Gasteiger partial charge in [0.15, 0.2) is 0 Å². The second-order valence-electron chi connectivity index (χ2n) is 10.4. The Labute approximate surface area is 245 Å². The zero-order valence-electron chi connectivity index (χ0n) is 23.9. The van der Waals surface area contributed by atoms with Crippen molar-refractivity contribution in [3.8, 4) is 17.5 Å². The highest BCUT2D eigenvalue weighted by atomic mass is 35.5. The molecule has 4 aromatic rings. The number of rotatable bonds is 15. The van der Waals surface area contributed by atoms with E-state index in [2.05, 4.69) is 5.10 Å². The van der Waals surface area contributed by atoms with E-state index >= 15 is 0 Å². The molecule has 1 N–H and O–H groups in total. The smallest absolute Gasteiger partial charge is 0.308 e. The number of hydrogen-bond donors (Lipinski definition) is 1. The molecule has 0 aliphatic carbocycles. The molecule has 0 unspecified atom stereocenters. The minimum absolute atomic E-state index is 0.00322. The minimum atomic E-state index is -0.932. The van der Waals surface area contributed by atoms with Crippen molar-refractivity contribution >= 4 is 17.6 Å². The number of aryl methyl sites for hydroxylation is 1. The second kappa shape index (κ2) is 14.1. The number of halogens is 1. The van der Waals surface area contributed by atoms with E-state index in [1.807, 2.05) is 87.0 Å². The normalized spacial score (nSPS) is 11.3. The predicted molar refractivity (Wildman–Crippen MR) is 157 cm³/mol. The highest BCUT2D eigenvalue weighted by molar-refractivity contribution is 6.30. The molecule has 0 radical (unpaired) electrons. The molecule has 10 heteroatoms. The zero-order valence-corrected chi connectivity index (χ0v) is 24.7. The van der Waals surface area contributed by atoms with Crippen LogP contribution in [-0.2, 0) is 30.7 Å². The number of carboxylic acid groups (broad SMARTS) is 1. The molecular formula is C31H37ClN4O5. The van der Waals surface area contributed by atoms with Gasteiger partial charge in [-0.3, -0.25) is 14.2 Å². The number of nitrogens with zero attached hydrogens (tertiary/aromatic N) is 4. The van der Waals surface area contributed by atoms with Crippen molar-refractivity contribution in [3.63, 3.8) is 0 Å². The van der Waals surface area contributed by atoms with Gasteiger partial charge in [-0.1, -0.05) is 48.0 Å². The van der Waals surface area contributed by atoms with E-state index in [1.54, 1.807) is 10.9 Å². The summed E-state index contributed by atoms with van der Waals surface area (Å²) in [6.07, 6.45) is 2.91. The van der Waals surface area contributed by atoms with Gasteiger partial charge in [0.1, 0.15) is 5.75 Å². The lowest BCUT2D eigenvalue weighted by Gasteiger charge is -2.16. The quantitative estimate of drug-likeness (QED) is 0.171. The molecule has 0 saturated heterocycles. The molecule has 0 saturated carbocycles. The number of hydrogen-bond acceptors (Lipinski definition) is 6. The lowest BCUT2D eigenvalue weighted by atomic mass is 10.2. The second-order valence-corrected chi connectivity index (χ2v) is 10.8. The topological polar surface area (TPSA) is 101 Å². The Kier molecular flexibility index (Phi) is 10.3. The van der Waals surface area contributed by atoms with Gasteiger partial charge in [0, 0.05) is 34.1 Å². The molecule has 9 nitrogen and oxygen atoms in total. The number of benzene rings is 2. The molecule has 0 fully saturated rings. The lowest BCUT2D eigenvalue weighted by molar-refractivity contribution is -0.136. The fourth-order valence-corrected chi connectivity index (χ4v) is 4.54. The Morgan fingerprint density at radius 1 is 0.951 bits per heavy atom. The molecule has 0 amide bonds. The van der Waals surface area contributed by atoms with Crippen LogP contribution in [-0.4, -0.2) is 49.5 Å². The number of aliphatic carboxylic acids is 1. The fourth-order valence-electron chi connectivity index (χ4n) is 4.37. The number of carboxylic acids is 1. The summed E-state index contributed by atoms with van der Waals surface area (Å²) in [6.45, 7) is 9.27. The van der Waals surface area contributed by atoms with Crippen LogP contribution in [0.4, 0.5) is 0 Å². The third-order valence-electron chi connectivity index (χ3n) is 6.05. The summed E-state index contributed by atoms with van der Waals surface area (Å²) in [5, 5.41) is 19.2. The van der Waals surface area contributed by atoms with Crippen molar-refractivity contribution in [2.45, 2.75) is 72.3 Å². The molecule has 218 valence electrons. The Bertz CT molecular complexity index is 1430. The van der Waals surface area contributed by atoms with Gasteiger partial charge in [-0.2, -0.15) is 0 Å².